The Hall–Kier alpha value is -1.95. The first-order chi connectivity index (χ1) is 11.6. The number of aliphatic hydroxyl groups is 1. The highest BCUT2D eigenvalue weighted by molar-refractivity contribution is 6.45. The molecule has 0 saturated carbocycles. The maximum absolute atomic E-state index is 11.9. The molecular weight excluding hydrogens is 351 g/mol. The summed E-state index contributed by atoms with van der Waals surface area (Å²) in [7, 11) is 0. The molecule has 3 aromatic rings. The van der Waals surface area contributed by atoms with Crippen molar-refractivity contribution in [3.8, 4) is 11.3 Å². The smallest absolute Gasteiger partial charge is 0.248 e. The lowest BCUT2D eigenvalue weighted by Gasteiger charge is -2.26. The highest BCUT2D eigenvalue weighted by Crippen LogP contribution is 2.42. The summed E-state index contributed by atoms with van der Waals surface area (Å²) in [6.45, 7) is 0.483. The van der Waals surface area contributed by atoms with E-state index in [1.165, 1.54) is 0 Å². The lowest BCUT2D eigenvalue weighted by atomic mass is 9.99. The number of carbonyl (C=O) groups is 1. The van der Waals surface area contributed by atoms with Gasteiger partial charge in [0.05, 0.1) is 21.8 Å². The van der Waals surface area contributed by atoms with Gasteiger partial charge in [-0.3, -0.25) is 4.79 Å². The molecule has 0 bridgehead atoms. The van der Waals surface area contributed by atoms with E-state index in [-0.39, 0.29) is 5.91 Å². The van der Waals surface area contributed by atoms with Gasteiger partial charge in [-0.05, 0) is 18.2 Å². The van der Waals surface area contributed by atoms with Crippen molar-refractivity contribution in [3.05, 3.63) is 45.8 Å². The third-order valence-electron chi connectivity index (χ3n) is 4.42. The topological polar surface area (TPSA) is 69.5 Å². The molecule has 124 valence electrons. The Morgan fingerprint density at radius 3 is 2.96 bits per heavy atom. The molecule has 4 rings (SSSR count). The second kappa shape index (κ2) is 5.84. The second-order valence-electron chi connectivity index (χ2n) is 5.75. The third kappa shape index (κ3) is 2.32. The molecule has 24 heavy (non-hydrogen) atoms. The molecule has 3 heterocycles. The largest absolute Gasteiger partial charge is 0.464 e. The van der Waals surface area contributed by atoms with Crippen molar-refractivity contribution in [1.29, 1.82) is 0 Å². The van der Waals surface area contributed by atoms with Crippen molar-refractivity contribution in [3.63, 3.8) is 0 Å². The number of fused-ring (bicyclic) bond motifs is 3. The average molecular weight is 365 g/mol. The maximum atomic E-state index is 11.9. The van der Waals surface area contributed by atoms with Gasteiger partial charge in [-0.15, -0.1) is 0 Å². The fourth-order valence-electron chi connectivity index (χ4n) is 3.28. The van der Waals surface area contributed by atoms with E-state index in [1.54, 1.807) is 17.2 Å². The summed E-state index contributed by atoms with van der Waals surface area (Å²) in [5, 5.41) is 10.9. The van der Waals surface area contributed by atoms with Crippen LogP contribution in [0.4, 0.5) is 0 Å². The van der Waals surface area contributed by atoms with Crippen molar-refractivity contribution < 1.29 is 14.3 Å². The number of H-pyrrole nitrogens is 1. The Bertz CT molecular complexity index is 931. The number of hydrogen-bond donors (Lipinski definition) is 2. The first-order valence-corrected chi connectivity index (χ1v) is 8.29. The number of nitrogens with one attached hydrogen (secondary N) is 1. The average Bonchev–Trinajstić information content (AvgIpc) is 3.24. The molecule has 1 amide bonds. The van der Waals surface area contributed by atoms with Gasteiger partial charge >= 0.3 is 0 Å². The highest BCUT2D eigenvalue weighted by Gasteiger charge is 2.27. The minimum Gasteiger partial charge on any atom is -0.464 e. The van der Waals surface area contributed by atoms with E-state index < -0.39 is 6.61 Å². The number of amides is 1. The lowest BCUT2D eigenvalue weighted by molar-refractivity contribution is -0.135. The van der Waals surface area contributed by atoms with Crippen LogP contribution in [0.25, 0.3) is 22.2 Å². The van der Waals surface area contributed by atoms with E-state index in [1.807, 2.05) is 12.1 Å². The molecular formula is C17H14Cl2N2O3. The predicted molar refractivity (Wildman–Crippen MR) is 92.2 cm³/mol. The number of hydrogen-bond acceptors (Lipinski definition) is 3. The molecule has 1 aliphatic rings. The van der Waals surface area contributed by atoms with Gasteiger partial charge in [-0.25, -0.2) is 0 Å². The number of aromatic amines is 1. The Morgan fingerprint density at radius 1 is 1.42 bits per heavy atom. The van der Waals surface area contributed by atoms with Crippen molar-refractivity contribution >= 4 is 40.0 Å². The molecule has 2 aromatic heterocycles. The standard InChI is InChI=1S/C17H14Cl2N2O3/c18-11-6-9(13-2-1-5-24-13)15-10-7-21(14(23)8-22)4-3-12(10)20-17(15)16(11)19/h1-2,5-6,20,22H,3-4,7-8H2. The Morgan fingerprint density at radius 2 is 2.25 bits per heavy atom. The van der Waals surface area contributed by atoms with Gasteiger partial charge in [-0.2, -0.15) is 0 Å². The van der Waals surface area contributed by atoms with Crippen LogP contribution >= 0.6 is 23.2 Å². The van der Waals surface area contributed by atoms with E-state index in [4.69, 9.17) is 32.7 Å². The van der Waals surface area contributed by atoms with Crippen molar-refractivity contribution in [2.75, 3.05) is 13.2 Å². The van der Waals surface area contributed by atoms with Crippen molar-refractivity contribution in [2.45, 2.75) is 13.0 Å². The normalized spacial score (nSPS) is 14.2. The fourth-order valence-corrected chi connectivity index (χ4v) is 3.68. The molecule has 0 unspecified atom stereocenters. The van der Waals surface area contributed by atoms with Crippen LogP contribution in [0, 0.1) is 0 Å². The van der Waals surface area contributed by atoms with E-state index in [2.05, 4.69) is 4.98 Å². The number of aromatic nitrogens is 1. The summed E-state index contributed by atoms with van der Waals surface area (Å²) in [5.41, 5.74) is 3.60. The summed E-state index contributed by atoms with van der Waals surface area (Å²) in [6.07, 6.45) is 2.27. The van der Waals surface area contributed by atoms with Gasteiger partial charge in [0, 0.05) is 41.7 Å². The van der Waals surface area contributed by atoms with Gasteiger partial charge < -0.3 is 19.4 Å². The Labute approximate surface area is 147 Å². The number of carbonyl (C=O) groups excluding carboxylic acids is 1. The van der Waals surface area contributed by atoms with Crippen molar-refractivity contribution in [2.24, 2.45) is 0 Å². The van der Waals surface area contributed by atoms with Crippen LogP contribution in [0.2, 0.25) is 10.0 Å². The van der Waals surface area contributed by atoms with Crippen LogP contribution in [0.15, 0.2) is 28.9 Å². The monoisotopic (exact) mass is 364 g/mol. The molecule has 0 radical (unpaired) electrons. The van der Waals surface area contributed by atoms with Crippen LogP contribution in [0.5, 0.6) is 0 Å². The van der Waals surface area contributed by atoms with E-state index >= 15 is 0 Å². The molecule has 7 heteroatoms. The molecule has 1 aromatic carbocycles. The Kier molecular flexibility index (Phi) is 3.79. The molecule has 5 nitrogen and oxygen atoms in total. The van der Waals surface area contributed by atoms with Gasteiger partial charge in [0.15, 0.2) is 0 Å². The lowest BCUT2D eigenvalue weighted by Crippen LogP contribution is -2.37. The van der Waals surface area contributed by atoms with Gasteiger partial charge in [-0.1, -0.05) is 23.2 Å². The Balaban J connectivity index is 1.96. The second-order valence-corrected chi connectivity index (χ2v) is 6.54. The van der Waals surface area contributed by atoms with Gasteiger partial charge in [0.1, 0.15) is 12.4 Å². The van der Waals surface area contributed by atoms with Gasteiger partial charge in [0.25, 0.3) is 0 Å². The van der Waals surface area contributed by atoms with Gasteiger partial charge in [0.2, 0.25) is 5.91 Å². The zero-order chi connectivity index (χ0) is 16.8. The molecule has 2 N–H and O–H groups in total. The molecule has 0 fully saturated rings. The summed E-state index contributed by atoms with van der Waals surface area (Å²) >= 11 is 12.7. The number of benzene rings is 1. The highest BCUT2D eigenvalue weighted by atomic mass is 35.5. The quantitative estimate of drug-likeness (QED) is 0.729. The predicted octanol–water partition coefficient (Wildman–Crippen LogP) is 3.61. The zero-order valence-corrected chi connectivity index (χ0v) is 14.1. The number of nitrogens with zero attached hydrogens (tertiary/aromatic N) is 1. The van der Waals surface area contributed by atoms with E-state index in [9.17, 15) is 4.79 Å². The first-order valence-electron chi connectivity index (χ1n) is 7.54. The van der Waals surface area contributed by atoms with E-state index in [0.29, 0.717) is 35.3 Å². The number of halogens is 2. The molecule has 1 aliphatic heterocycles. The zero-order valence-electron chi connectivity index (χ0n) is 12.6. The number of rotatable bonds is 2. The fraction of sp³-hybridized carbons (Fsp3) is 0.235. The van der Waals surface area contributed by atoms with E-state index in [0.717, 1.165) is 27.7 Å². The molecule has 0 spiro atoms. The summed E-state index contributed by atoms with van der Waals surface area (Å²) in [6, 6.07) is 5.45. The maximum Gasteiger partial charge on any atom is 0.248 e. The van der Waals surface area contributed by atoms with Crippen molar-refractivity contribution in [1.82, 2.24) is 9.88 Å². The molecule has 0 saturated heterocycles. The number of furan rings is 1. The van der Waals surface area contributed by atoms with Crippen LogP contribution in [0.1, 0.15) is 11.3 Å². The van der Waals surface area contributed by atoms with Crippen LogP contribution in [0.3, 0.4) is 0 Å². The summed E-state index contributed by atoms with van der Waals surface area (Å²) in [4.78, 5) is 16.9. The minimum absolute atomic E-state index is 0.283. The van der Waals surface area contributed by atoms with Crippen LogP contribution in [-0.2, 0) is 17.8 Å². The van der Waals surface area contributed by atoms with Crippen LogP contribution in [-0.4, -0.2) is 34.0 Å². The SMILES string of the molecule is O=C(CO)N1CCc2[nH]c3c(Cl)c(Cl)cc(-c4ccco4)c3c2C1. The van der Waals surface area contributed by atoms with Crippen LogP contribution < -0.4 is 0 Å². The summed E-state index contributed by atoms with van der Waals surface area (Å²) < 4.78 is 5.54. The number of aliphatic hydroxyl groups excluding tert-OH is 1. The molecule has 0 aliphatic carbocycles. The minimum atomic E-state index is -0.491. The first kappa shape index (κ1) is 15.6. The summed E-state index contributed by atoms with van der Waals surface area (Å²) in [5.74, 6) is 0.403. The molecule has 0 atom stereocenters. The third-order valence-corrected chi connectivity index (χ3v) is 5.20.